The van der Waals surface area contributed by atoms with Crippen molar-refractivity contribution in [2.45, 2.75) is 155 Å². The Bertz CT molecular complexity index is 863. The van der Waals surface area contributed by atoms with E-state index in [1.807, 2.05) is 0 Å². The number of carbonyl (C=O) groups is 2. The van der Waals surface area contributed by atoms with Crippen LogP contribution >= 0.6 is 0 Å². The van der Waals surface area contributed by atoms with Crippen molar-refractivity contribution in [2.75, 3.05) is 7.11 Å². The Kier molecular flexibility index (Phi) is 23.7. The molecule has 0 atom stereocenters. The van der Waals surface area contributed by atoms with Crippen molar-refractivity contribution in [3.63, 3.8) is 0 Å². The fraction of sp³-hybridized carbons (Fsp3) is 0.714. The van der Waals surface area contributed by atoms with Crippen LogP contribution < -0.4 is 15.6 Å². The maximum absolute atomic E-state index is 12.2. The van der Waals surface area contributed by atoms with Crippen LogP contribution in [-0.4, -0.2) is 36.5 Å². The number of phenolic OH excluding ortho intramolecular Hbond substituents is 1. The third-order valence-corrected chi connectivity index (χ3v) is 7.68. The normalized spacial score (nSPS) is 11.4. The smallest absolute Gasteiger partial charge is 0.240 e. The zero-order chi connectivity index (χ0) is 31.4. The van der Waals surface area contributed by atoms with E-state index in [4.69, 9.17) is 4.74 Å². The SMILES string of the molecule is CCCCCCCCCCCCC(=O)N/N=C\c1cc(OC)cc(/C=N\NC(=O)CCCCCCCCCCCC)c1O. The van der Waals surface area contributed by atoms with Crippen molar-refractivity contribution < 1.29 is 19.4 Å². The highest BCUT2D eigenvalue weighted by atomic mass is 16.5. The maximum atomic E-state index is 12.2. The van der Waals surface area contributed by atoms with Crippen molar-refractivity contribution in [3.8, 4) is 11.5 Å². The van der Waals surface area contributed by atoms with Crippen LogP contribution in [0.3, 0.4) is 0 Å². The van der Waals surface area contributed by atoms with E-state index in [9.17, 15) is 14.7 Å². The predicted molar refractivity (Wildman–Crippen MR) is 179 cm³/mol. The number of nitrogens with zero attached hydrogens (tertiary/aromatic N) is 2. The number of hydrazone groups is 2. The van der Waals surface area contributed by atoms with E-state index in [2.05, 4.69) is 34.9 Å². The summed E-state index contributed by atoms with van der Waals surface area (Å²) in [6.07, 6.45) is 27.9. The summed E-state index contributed by atoms with van der Waals surface area (Å²) in [6.45, 7) is 4.47. The Morgan fingerprint density at radius 3 is 1.28 bits per heavy atom. The van der Waals surface area contributed by atoms with Gasteiger partial charge in [0.15, 0.2) is 0 Å². The molecule has 2 amide bonds. The number of aromatic hydroxyl groups is 1. The molecule has 0 aliphatic rings. The molecule has 244 valence electrons. The number of unbranched alkanes of at least 4 members (excludes halogenated alkanes) is 18. The molecule has 0 fully saturated rings. The first-order valence-corrected chi connectivity index (χ1v) is 17.1. The Balaban J connectivity index is 2.34. The van der Waals surface area contributed by atoms with Gasteiger partial charge in [-0.3, -0.25) is 9.59 Å². The number of methoxy groups -OCH3 is 1. The monoisotopic (exact) mass is 600 g/mol. The molecule has 0 heterocycles. The Labute approximate surface area is 261 Å². The first kappa shape index (κ1) is 38.1. The Morgan fingerprint density at radius 2 is 0.953 bits per heavy atom. The maximum Gasteiger partial charge on any atom is 0.240 e. The lowest BCUT2D eigenvalue weighted by molar-refractivity contribution is -0.122. The molecule has 0 aliphatic heterocycles. The average Bonchev–Trinajstić information content (AvgIpc) is 3.00. The van der Waals surface area contributed by atoms with Gasteiger partial charge in [0, 0.05) is 24.0 Å². The molecule has 1 aromatic rings. The summed E-state index contributed by atoms with van der Waals surface area (Å²) in [5, 5.41) is 18.7. The molecular weight excluding hydrogens is 540 g/mol. The van der Waals surface area contributed by atoms with E-state index in [1.165, 1.54) is 109 Å². The van der Waals surface area contributed by atoms with Gasteiger partial charge >= 0.3 is 0 Å². The predicted octanol–water partition coefficient (Wildman–Crippen LogP) is 8.92. The average molecular weight is 601 g/mol. The molecule has 1 aromatic carbocycles. The summed E-state index contributed by atoms with van der Waals surface area (Å²) in [6, 6.07) is 3.24. The molecule has 0 unspecified atom stereocenters. The number of amides is 2. The number of ether oxygens (including phenoxy) is 1. The molecule has 0 radical (unpaired) electrons. The molecular formula is C35H60N4O4. The lowest BCUT2D eigenvalue weighted by atomic mass is 10.1. The molecule has 0 bridgehead atoms. The zero-order valence-electron chi connectivity index (χ0n) is 27.4. The molecule has 1 rings (SSSR count). The van der Waals surface area contributed by atoms with Gasteiger partial charge in [-0.25, -0.2) is 10.9 Å². The highest BCUT2D eigenvalue weighted by molar-refractivity contribution is 5.93. The van der Waals surface area contributed by atoms with Gasteiger partial charge in [0.25, 0.3) is 0 Å². The fourth-order valence-corrected chi connectivity index (χ4v) is 4.97. The standard InChI is InChI=1S/C35H60N4O4/c1-4-6-8-10-12-14-16-18-20-22-24-33(40)38-36-28-30-26-32(43-3)27-31(35(30)42)29-37-39-34(41)25-23-21-19-17-15-13-11-9-7-5-2/h26-29,42H,4-25H2,1-3H3,(H,38,40)(H,39,41)/b36-28-,37-29-. The molecule has 0 aromatic heterocycles. The van der Waals surface area contributed by atoms with E-state index in [1.54, 1.807) is 12.1 Å². The van der Waals surface area contributed by atoms with Gasteiger partial charge in [0.2, 0.25) is 11.8 Å². The molecule has 0 saturated carbocycles. The minimum Gasteiger partial charge on any atom is -0.507 e. The van der Waals surface area contributed by atoms with Crippen molar-refractivity contribution in [1.29, 1.82) is 0 Å². The summed E-state index contributed by atoms with van der Waals surface area (Å²) < 4.78 is 5.33. The van der Waals surface area contributed by atoms with Crippen LogP contribution in [0.1, 0.15) is 166 Å². The van der Waals surface area contributed by atoms with E-state index in [-0.39, 0.29) is 17.6 Å². The molecule has 0 spiro atoms. The minimum atomic E-state index is -0.148. The van der Waals surface area contributed by atoms with E-state index in [0.29, 0.717) is 29.7 Å². The summed E-state index contributed by atoms with van der Waals surface area (Å²) in [5.41, 5.74) is 5.82. The summed E-state index contributed by atoms with van der Waals surface area (Å²) in [4.78, 5) is 24.3. The highest BCUT2D eigenvalue weighted by Gasteiger charge is 2.09. The third-order valence-electron chi connectivity index (χ3n) is 7.68. The van der Waals surface area contributed by atoms with E-state index < -0.39 is 0 Å². The number of hydrogen-bond donors (Lipinski definition) is 3. The molecule has 0 saturated heterocycles. The summed E-state index contributed by atoms with van der Waals surface area (Å²) in [7, 11) is 1.52. The first-order valence-electron chi connectivity index (χ1n) is 17.1. The van der Waals surface area contributed by atoms with Gasteiger partial charge < -0.3 is 9.84 Å². The van der Waals surface area contributed by atoms with Crippen LogP contribution in [-0.2, 0) is 9.59 Å². The van der Waals surface area contributed by atoms with Gasteiger partial charge in [0.1, 0.15) is 11.5 Å². The first-order chi connectivity index (χ1) is 21.0. The van der Waals surface area contributed by atoms with Crippen LogP contribution in [0.4, 0.5) is 0 Å². The topological polar surface area (TPSA) is 112 Å². The molecule has 43 heavy (non-hydrogen) atoms. The van der Waals surface area contributed by atoms with E-state index in [0.717, 1.165) is 38.5 Å². The molecule has 3 N–H and O–H groups in total. The second kappa shape index (κ2) is 26.7. The number of nitrogens with one attached hydrogen (secondary N) is 2. The largest absolute Gasteiger partial charge is 0.507 e. The molecule has 0 aliphatic carbocycles. The quantitative estimate of drug-likeness (QED) is 0.0531. The Morgan fingerprint density at radius 1 is 0.628 bits per heavy atom. The van der Waals surface area contributed by atoms with Gasteiger partial charge in [-0.1, -0.05) is 129 Å². The number of rotatable bonds is 27. The lowest BCUT2D eigenvalue weighted by Crippen LogP contribution is -2.17. The van der Waals surface area contributed by atoms with Gasteiger partial charge in [-0.2, -0.15) is 10.2 Å². The van der Waals surface area contributed by atoms with Crippen molar-refractivity contribution in [2.24, 2.45) is 10.2 Å². The lowest BCUT2D eigenvalue weighted by Gasteiger charge is -2.07. The fourth-order valence-electron chi connectivity index (χ4n) is 4.97. The zero-order valence-corrected chi connectivity index (χ0v) is 27.4. The summed E-state index contributed by atoms with van der Waals surface area (Å²) >= 11 is 0. The van der Waals surface area contributed by atoms with Crippen molar-refractivity contribution >= 4 is 24.2 Å². The van der Waals surface area contributed by atoms with Crippen LogP contribution in [0.5, 0.6) is 11.5 Å². The Hall–Kier alpha value is -2.90. The van der Waals surface area contributed by atoms with Crippen molar-refractivity contribution in [1.82, 2.24) is 10.9 Å². The van der Waals surface area contributed by atoms with Gasteiger partial charge in [0.05, 0.1) is 19.5 Å². The van der Waals surface area contributed by atoms with E-state index >= 15 is 0 Å². The van der Waals surface area contributed by atoms with Crippen LogP contribution in [0.15, 0.2) is 22.3 Å². The van der Waals surface area contributed by atoms with Crippen LogP contribution in [0.2, 0.25) is 0 Å². The van der Waals surface area contributed by atoms with Crippen LogP contribution in [0.25, 0.3) is 0 Å². The second-order valence-corrected chi connectivity index (χ2v) is 11.6. The minimum absolute atomic E-state index is 0.0683. The van der Waals surface area contributed by atoms with Crippen molar-refractivity contribution in [3.05, 3.63) is 23.3 Å². The number of benzene rings is 1. The molecule has 8 nitrogen and oxygen atoms in total. The second-order valence-electron chi connectivity index (χ2n) is 11.6. The number of hydrogen-bond acceptors (Lipinski definition) is 6. The number of phenols is 1. The van der Waals surface area contributed by atoms with Gasteiger partial charge in [-0.15, -0.1) is 0 Å². The number of carbonyl (C=O) groups excluding carboxylic acids is 2. The van der Waals surface area contributed by atoms with Crippen LogP contribution in [0, 0.1) is 0 Å². The summed E-state index contributed by atoms with van der Waals surface area (Å²) in [5.74, 6) is 0.130. The third kappa shape index (κ3) is 20.6. The van der Waals surface area contributed by atoms with Gasteiger partial charge in [-0.05, 0) is 25.0 Å². The highest BCUT2D eigenvalue weighted by Crippen LogP contribution is 2.26. The molecule has 8 heteroatoms.